The lowest BCUT2D eigenvalue weighted by atomic mass is 10.1. The number of para-hydroxylation sites is 1. The molecule has 0 fully saturated rings. The zero-order chi connectivity index (χ0) is 8.97. The number of phenols is 1. The van der Waals surface area contributed by atoms with Crippen LogP contribution in [0.15, 0.2) is 24.3 Å². The number of nitrogens with two attached hydrogens (primary N) is 1. The Morgan fingerprint density at radius 3 is 2.67 bits per heavy atom. The zero-order valence-corrected chi connectivity index (χ0v) is 7.38. The average molecular weight is 185 g/mol. The third kappa shape index (κ3) is 2.64. The molecule has 0 aliphatic carbocycles. The van der Waals surface area contributed by atoms with E-state index in [2.05, 4.69) is 0 Å². The molecule has 3 N–H and O–H groups in total. The lowest BCUT2D eigenvalue weighted by Crippen LogP contribution is -2.09. The van der Waals surface area contributed by atoms with Crippen molar-refractivity contribution in [1.29, 1.82) is 0 Å². The molecule has 0 spiro atoms. The van der Waals surface area contributed by atoms with Gasteiger partial charge in [-0.1, -0.05) is 18.2 Å². The predicted octanol–water partition coefficient (Wildman–Crippen LogP) is 0.557. The Morgan fingerprint density at radius 1 is 1.42 bits per heavy atom. The van der Waals surface area contributed by atoms with E-state index >= 15 is 0 Å². The van der Waals surface area contributed by atoms with Gasteiger partial charge in [0.15, 0.2) is 0 Å². The first-order chi connectivity index (χ1) is 5.70. The van der Waals surface area contributed by atoms with Crippen LogP contribution in [0, 0.1) is 0 Å². The van der Waals surface area contributed by atoms with Crippen LogP contribution in [0.2, 0.25) is 0 Å². The molecular formula is C8H11NO2S. The summed E-state index contributed by atoms with van der Waals surface area (Å²) in [6.07, 6.45) is 0.551. The summed E-state index contributed by atoms with van der Waals surface area (Å²) in [6.45, 7) is 0. The zero-order valence-electron chi connectivity index (χ0n) is 6.56. The molecule has 0 unspecified atom stereocenters. The van der Waals surface area contributed by atoms with Gasteiger partial charge in [-0.3, -0.25) is 5.14 Å². The van der Waals surface area contributed by atoms with E-state index in [0.717, 1.165) is 5.56 Å². The lowest BCUT2D eigenvalue weighted by Gasteiger charge is -2.01. The molecule has 0 saturated heterocycles. The number of benzene rings is 1. The van der Waals surface area contributed by atoms with Gasteiger partial charge in [-0.25, -0.2) is 4.21 Å². The Balaban J connectivity index is 2.63. The Morgan fingerprint density at radius 2 is 2.08 bits per heavy atom. The van der Waals surface area contributed by atoms with Gasteiger partial charge in [-0.2, -0.15) is 0 Å². The number of hydrogen-bond donors (Lipinski definition) is 2. The molecule has 0 saturated carbocycles. The molecule has 1 aromatic rings. The molecule has 0 aliphatic rings. The van der Waals surface area contributed by atoms with Crippen LogP contribution in [0.3, 0.4) is 0 Å². The van der Waals surface area contributed by atoms with E-state index < -0.39 is 11.0 Å². The van der Waals surface area contributed by atoms with E-state index in [0.29, 0.717) is 12.2 Å². The largest absolute Gasteiger partial charge is 0.508 e. The molecule has 0 aliphatic heterocycles. The number of aromatic hydroxyl groups is 1. The summed E-state index contributed by atoms with van der Waals surface area (Å²) in [5, 5.41) is 14.4. The maximum absolute atomic E-state index is 10.5. The molecule has 0 amide bonds. The van der Waals surface area contributed by atoms with Crippen LogP contribution in [0.5, 0.6) is 5.75 Å². The second-order valence-electron chi connectivity index (χ2n) is 2.46. The predicted molar refractivity (Wildman–Crippen MR) is 49.0 cm³/mol. The summed E-state index contributed by atoms with van der Waals surface area (Å²) in [7, 11) is -1.29. The van der Waals surface area contributed by atoms with Gasteiger partial charge in [-0.15, -0.1) is 0 Å². The summed E-state index contributed by atoms with van der Waals surface area (Å²) < 4.78 is 10.5. The highest BCUT2D eigenvalue weighted by atomic mass is 32.2. The number of phenolic OH excluding ortho intramolecular Hbond substituents is 1. The minimum Gasteiger partial charge on any atom is -0.508 e. The summed E-state index contributed by atoms with van der Waals surface area (Å²) in [5.41, 5.74) is 0.788. The van der Waals surface area contributed by atoms with E-state index in [1.807, 2.05) is 6.07 Å². The topological polar surface area (TPSA) is 63.3 Å². The van der Waals surface area contributed by atoms with Crippen molar-refractivity contribution in [2.24, 2.45) is 5.14 Å². The number of hydrogen-bond acceptors (Lipinski definition) is 2. The number of rotatable bonds is 3. The molecule has 0 heterocycles. The standard InChI is InChI=1S/C8H11NO2S/c9-12(11)6-5-7-3-1-2-4-8(7)10/h1-4,10H,5-6,9H2/t12-/m1/s1. The van der Waals surface area contributed by atoms with Crippen LogP contribution >= 0.6 is 0 Å². The van der Waals surface area contributed by atoms with E-state index in [4.69, 9.17) is 5.14 Å². The molecule has 3 nitrogen and oxygen atoms in total. The second kappa shape index (κ2) is 4.23. The fourth-order valence-electron chi connectivity index (χ4n) is 0.933. The Labute approximate surface area is 73.8 Å². The first-order valence-corrected chi connectivity index (χ1v) is 4.98. The molecular weight excluding hydrogens is 174 g/mol. The van der Waals surface area contributed by atoms with E-state index in [-0.39, 0.29) is 5.75 Å². The molecule has 1 rings (SSSR count). The van der Waals surface area contributed by atoms with E-state index in [1.54, 1.807) is 18.2 Å². The minimum atomic E-state index is -1.29. The van der Waals surface area contributed by atoms with Crippen LogP contribution in [0.25, 0.3) is 0 Å². The summed E-state index contributed by atoms with van der Waals surface area (Å²) in [5.74, 6) is 0.625. The van der Waals surface area contributed by atoms with Gasteiger partial charge < -0.3 is 5.11 Å². The molecule has 1 atom stereocenters. The highest BCUT2D eigenvalue weighted by molar-refractivity contribution is 7.82. The molecule has 4 heteroatoms. The van der Waals surface area contributed by atoms with E-state index in [1.165, 1.54) is 0 Å². The van der Waals surface area contributed by atoms with Gasteiger partial charge in [0, 0.05) is 5.75 Å². The third-order valence-electron chi connectivity index (χ3n) is 1.56. The smallest absolute Gasteiger partial charge is 0.118 e. The molecule has 0 radical (unpaired) electrons. The fraction of sp³-hybridized carbons (Fsp3) is 0.250. The summed E-state index contributed by atoms with van der Waals surface area (Å²) in [6, 6.07) is 6.98. The van der Waals surface area contributed by atoms with Crippen molar-refractivity contribution in [2.75, 3.05) is 5.75 Å². The first kappa shape index (κ1) is 9.22. The van der Waals surface area contributed by atoms with E-state index in [9.17, 15) is 9.32 Å². The quantitative estimate of drug-likeness (QED) is 0.722. The van der Waals surface area contributed by atoms with Crippen molar-refractivity contribution in [2.45, 2.75) is 6.42 Å². The normalized spacial score (nSPS) is 12.8. The molecule has 66 valence electrons. The summed E-state index contributed by atoms with van der Waals surface area (Å²) >= 11 is 0. The maximum Gasteiger partial charge on any atom is 0.118 e. The third-order valence-corrected chi connectivity index (χ3v) is 2.17. The van der Waals surface area contributed by atoms with Gasteiger partial charge >= 0.3 is 0 Å². The van der Waals surface area contributed by atoms with Gasteiger partial charge in [0.25, 0.3) is 0 Å². The Hall–Kier alpha value is -0.870. The maximum atomic E-state index is 10.5. The van der Waals surface area contributed by atoms with Crippen molar-refractivity contribution in [3.63, 3.8) is 0 Å². The highest BCUT2D eigenvalue weighted by Gasteiger charge is 2.00. The molecule has 0 bridgehead atoms. The second-order valence-corrected chi connectivity index (χ2v) is 3.63. The fourth-order valence-corrected chi connectivity index (χ4v) is 1.35. The van der Waals surface area contributed by atoms with Crippen molar-refractivity contribution in [3.8, 4) is 5.75 Å². The van der Waals surface area contributed by atoms with Gasteiger partial charge in [-0.05, 0) is 18.1 Å². The molecule has 1 aromatic carbocycles. The summed E-state index contributed by atoms with van der Waals surface area (Å²) in [4.78, 5) is 0. The van der Waals surface area contributed by atoms with Crippen LogP contribution in [-0.4, -0.2) is 15.1 Å². The Kier molecular flexibility index (Phi) is 3.25. The first-order valence-electron chi connectivity index (χ1n) is 3.60. The molecule has 0 aromatic heterocycles. The monoisotopic (exact) mass is 185 g/mol. The van der Waals surface area contributed by atoms with Crippen molar-refractivity contribution >= 4 is 11.0 Å². The van der Waals surface area contributed by atoms with Crippen LogP contribution in [-0.2, 0) is 17.4 Å². The SMILES string of the molecule is N[S@](=O)CCc1ccccc1O. The van der Waals surface area contributed by atoms with Crippen LogP contribution < -0.4 is 5.14 Å². The lowest BCUT2D eigenvalue weighted by molar-refractivity contribution is 0.469. The van der Waals surface area contributed by atoms with Crippen molar-refractivity contribution in [3.05, 3.63) is 29.8 Å². The average Bonchev–Trinajstić information content (AvgIpc) is 2.03. The highest BCUT2D eigenvalue weighted by Crippen LogP contribution is 2.15. The van der Waals surface area contributed by atoms with Crippen molar-refractivity contribution in [1.82, 2.24) is 0 Å². The van der Waals surface area contributed by atoms with Crippen molar-refractivity contribution < 1.29 is 9.32 Å². The van der Waals surface area contributed by atoms with Crippen LogP contribution in [0.4, 0.5) is 0 Å². The van der Waals surface area contributed by atoms with Gasteiger partial charge in [0.05, 0.1) is 11.0 Å². The minimum absolute atomic E-state index is 0.239. The van der Waals surface area contributed by atoms with Gasteiger partial charge in [0.2, 0.25) is 0 Å². The Bertz CT molecular complexity index is 288. The number of aryl methyl sites for hydroxylation is 1. The van der Waals surface area contributed by atoms with Gasteiger partial charge in [0.1, 0.15) is 5.75 Å². The molecule has 12 heavy (non-hydrogen) atoms. The van der Waals surface area contributed by atoms with Crippen LogP contribution in [0.1, 0.15) is 5.56 Å².